The van der Waals surface area contributed by atoms with Crippen molar-refractivity contribution in [1.82, 2.24) is 5.32 Å². The summed E-state index contributed by atoms with van der Waals surface area (Å²) in [6, 6.07) is 9.08. The Morgan fingerprint density at radius 3 is 2.52 bits per heavy atom. The maximum Gasteiger partial charge on any atom is 0.119 e. The van der Waals surface area contributed by atoms with Crippen molar-refractivity contribution in [2.75, 3.05) is 13.7 Å². The van der Waals surface area contributed by atoms with E-state index in [0.717, 1.165) is 18.2 Å². The third kappa shape index (κ3) is 3.79. The highest BCUT2D eigenvalue weighted by Crippen LogP contribution is 2.51. The Morgan fingerprint density at radius 1 is 1.24 bits per heavy atom. The normalized spacial score (nSPS) is 18.9. The van der Waals surface area contributed by atoms with Crippen LogP contribution in [0.3, 0.4) is 0 Å². The smallest absolute Gasteiger partial charge is 0.119 e. The lowest BCUT2D eigenvalue weighted by Gasteiger charge is -2.40. The van der Waals surface area contributed by atoms with Crippen molar-refractivity contribution < 1.29 is 4.74 Å². The summed E-state index contributed by atoms with van der Waals surface area (Å²) in [4.78, 5) is 0. The summed E-state index contributed by atoms with van der Waals surface area (Å²) in [6.07, 6.45) is 6.75. The highest BCUT2D eigenvalue weighted by Gasteiger charge is 2.41. The molecule has 2 nitrogen and oxygen atoms in total. The van der Waals surface area contributed by atoms with Crippen molar-refractivity contribution in [1.29, 1.82) is 0 Å². The molecule has 0 heterocycles. The van der Waals surface area contributed by atoms with Crippen LogP contribution in [-0.2, 0) is 0 Å². The summed E-state index contributed by atoms with van der Waals surface area (Å²) in [5, 5.41) is 3.78. The third-order valence-electron chi connectivity index (χ3n) is 4.86. The van der Waals surface area contributed by atoms with Crippen molar-refractivity contribution in [2.45, 2.75) is 58.9 Å². The molecule has 1 aromatic rings. The van der Waals surface area contributed by atoms with Gasteiger partial charge in [0, 0.05) is 6.04 Å². The van der Waals surface area contributed by atoms with Gasteiger partial charge in [-0.25, -0.2) is 0 Å². The van der Waals surface area contributed by atoms with Crippen molar-refractivity contribution in [3.8, 4) is 5.75 Å². The van der Waals surface area contributed by atoms with E-state index in [-0.39, 0.29) is 0 Å². The first-order chi connectivity index (χ1) is 10.1. The first-order valence-electron chi connectivity index (χ1n) is 8.48. The number of methoxy groups -OCH3 is 1. The van der Waals surface area contributed by atoms with Crippen LogP contribution in [-0.4, -0.2) is 13.7 Å². The molecule has 0 aliphatic heterocycles. The minimum Gasteiger partial charge on any atom is -0.497 e. The molecule has 1 saturated carbocycles. The predicted octanol–water partition coefficient (Wildman–Crippen LogP) is 4.95. The van der Waals surface area contributed by atoms with Crippen LogP contribution in [0.25, 0.3) is 0 Å². The van der Waals surface area contributed by atoms with E-state index in [1.165, 1.54) is 37.7 Å². The molecular formula is C19H31NO. The van der Waals surface area contributed by atoms with Crippen LogP contribution >= 0.6 is 0 Å². The van der Waals surface area contributed by atoms with E-state index in [1.807, 2.05) is 6.07 Å². The molecule has 0 spiro atoms. The summed E-state index contributed by atoms with van der Waals surface area (Å²) >= 11 is 0. The SMILES string of the molecule is CCNC(c1cccc(OC)c1)C1(CC(C)C)CCCC1. The van der Waals surface area contributed by atoms with E-state index in [2.05, 4.69) is 44.3 Å². The monoisotopic (exact) mass is 289 g/mol. The van der Waals surface area contributed by atoms with E-state index in [1.54, 1.807) is 7.11 Å². The zero-order valence-corrected chi connectivity index (χ0v) is 14.1. The van der Waals surface area contributed by atoms with Crippen LogP contribution in [0.4, 0.5) is 0 Å². The molecular weight excluding hydrogens is 258 g/mol. The standard InChI is InChI=1S/C19H31NO/c1-5-20-18(16-9-8-10-17(13-16)21-4)19(14-15(2)3)11-6-7-12-19/h8-10,13,15,18,20H,5-7,11-12,14H2,1-4H3. The highest BCUT2D eigenvalue weighted by molar-refractivity contribution is 5.32. The molecule has 21 heavy (non-hydrogen) atoms. The average molecular weight is 289 g/mol. The van der Waals surface area contributed by atoms with Crippen molar-refractivity contribution in [3.63, 3.8) is 0 Å². The van der Waals surface area contributed by atoms with Gasteiger partial charge in [-0.05, 0) is 54.8 Å². The van der Waals surface area contributed by atoms with Crippen molar-refractivity contribution in [2.24, 2.45) is 11.3 Å². The molecule has 0 saturated heterocycles. The summed E-state index contributed by atoms with van der Waals surface area (Å²) in [6.45, 7) is 7.94. The lowest BCUT2D eigenvalue weighted by molar-refractivity contribution is 0.156. The van der Waals surface area contributed by atoms with Gasteiger partial charge in [-0.1, -0.05) is 45.7 Å². The zero-order valence-electron chi connectivity index (χ0n) is 14.1. The third-order valence-corrected chi connectivity index (χ3v) is 4.86. The van der Waals surface area contributed by atoms with E-state index >= 15 is 0 Å². The molecule has 0 amide bonds. The second kappa shape index (κ2) is 7.31. The Labute approximate surface area is 130 Å². The quantitative estimate of drug-likeness (QED) is 0.766. The number of rotatable bonds is 7. The molecule has 0 aromatic heterocycles. The number of hydrogen-bond acceptors (Lipinski definition) is 2. The molecule has 1 atom stereocenters. The lowest BCUT2D eigenvalue weighted by Crippen LogP contribution is -2.37. The van der Waals surface area contributed by atoms with Crippen LogP contribution in [0.5, 0.6) is 5.75 Å². The van der Waals surface area contributed by atoms with Gasteiger partial charge in [-0.3, -0.25) is 0 Å². The predicted molar refractivity (Wildman–Crippen MR) is 89.8 cm³/mol. The van der Waals surface area contributed by atoms with E-state index < -0.39 is 0 Å². The minimum atomic E-state index is 0.413. The Bertz CT molecular complexity index is 435. The molecule has 1 aliphatic carbocycles. The molecule has 1 aliphatic rings. The molecule has 118 valence electrons. The summed E-state index contributed by atoms with van der Waals surface area (Å²) < 4.78 is 5.43. The summed E-state index contributed by atoms with van der Waals surface area (Å²) in [5.41, 5.74) is 1.80. The molecule has 2 rings (SSSR count). The highest BCUT2D eigenvalue weighted by atomic mass is 16.5. The van der Waals surface area contributed by atoms with Gasteiger partial charge in [0.25, 0.3) is 0 Å². The van der Waals surface area contributed by atoms with Crippen LogP contribution in [0.2, 0.25) is 0 Å². The van der Waals surface area contributed by atoms with Gasteiger partial charge in [0.2, 0.25) is 0 Å². The van der Waals surface area contributed by atoms with Crippen LogP contribution in [0.1, 0.15) is 64.5 Å². The molecule has 0 radical (unpaired) electrons. The Kier molecular flexibility index (Phi) is 5.69. The largest absolute Gasteiger partial charge is 0.497 e. The molecule has 0 bridgehead atoms. The second-order valence-corrected chi connectivity index (χ2v) is 6.93. The van der Waals surface area contributed by atoms with Gasteiger partial charge < -0.3 is 10.1 Å². The van der Waals surface area contributed by atoms with Gasteiger partial charge in [-0.2, -0.15) is 0 Å². The van der Waals surface area contributed by atoms with Crippen LogP contribution in [0.15, 0.2) is 24.3 Å². The van der Waals surface area contributed by atoms with E-state index in [0.29, 0.717) is 11.5 Å². The fourth-order valence-corrected chi connectivity index (χ4v) is 4.22. The Morgan fingerprint density at radius 2 is 1.95 bits per heavy atom. The Hall–Kier alpha value is -1.02. The molecule has 1 fully saturated rings. The average Bonchev–Trinajstić information content (AvgIpc) is 2.93. The molecule has 2 heteroatoms. The summed E-state index contributed by atoms with van der Waals surface area (Å²) in [5.74, 6) is 1.71. The molecule has 1 unspecified atom stereocenters. The minimum absolute atomic E-state index is 0.413. The van der Waals surface area contributed by atoms with E-state index in [9.17, 15) is 0 Å². The number of benzene rings is 1. The zero-order chi connectivity index (χ0) is 15.3. The van der Waals surface area contributed by atoms with Gasteiger partial charge in [0.1, 0.15) is 5.75 Å². The first-order valence-corrected chi connectivity index (χ1v) is 8.48. The molecule has 1 N–H and O–H groups in total. The first kappa shape index (κ1) is 16.4. The Balaban J connectivity index is 2.34. The van der Waals surface area contributed by atoms with Crippen LogP contribution < -0.4 is 10.1 Å². The number of hydrogen-bond donors (Lipinski definition) is 1. The van der Waals surface area contributed by atoms with Crippen LogP contribution in [0, 0.1) is 11.3 Å². The second-order valence-electron chi connectivity index (χ2n) is 6.93. The van der Waals surface area contributed by atoms with Crippen molar-refractivity contribution >= 4 is 0 Å². The van der Waals surface area contributed by atoms with Gasteiger partial charge in [-0.15, -0.1) is 0 Å². The summed E-state index contributed by atoms with van der Waals surface area (Å²) in [7, 11) is 1.75. The fourth-order valence-electron chi connectivity index (χ4n) is 4.22. The van der Waals surface area contributed by atoms with E-state index in [4.69, 9.17) is 4.74 Å². The lowest BCUT2D eigenvalue weighted by atomic mass is 9.70. The maximum atomic E-state index is 5.43. The number of nitrogens with one attached hydrogen (secondary N) is 1. The van der Waals surface area contributed by atoms with Gasteiger partial charge in [0.05, 0.1) is 7.11 Å². The molecule has 1 aromatic carbocycles. The topological polar surface area (TPSA) is 21.3 Å². The van der Waals surface area contributed by atoms with Gasteiger partial charge in [0.15, 0.2) is 0 Å². The fraction of sp³-hybridized carbons (Fsp3) is 0.684. The van der Waals surface area contributed by atoms with Crippen molar-refractivity contribution in [3.05, 3.63) is 29.8 Å². The maximum absolute atomic E-state index is 5.43. The number of ether oxygens (including phenoxy) is 1. The van der Waals surface area contributed by atoms with Gasteiger partial charge >= 0.3 is 0 Å².